The molecule has 3 amide bonds. The number of nitrogens with zero attached hydrogens (tertiary/aromatic N) is 2. The SMILES string of the molecule is CCNC(=O)N(CCN1C(=O)C(C)SC1c1ccccc1Cl)C(C)C. The van der Waals surface area contributed by atoms with E-state index in [2.05, 4.69) is 5.32 Å². The van der Waals surface area contributed by atoms with Gasteiger partial charge in [0.15, 0.2) is 0 Å². The average Bonchev–Trinajstić information content (AvgIpc) is 2.83. The Balaban J connectivity index is 2.15. The maximum atomic E-state index is 12.6. The van der Waals surface area contributed by atoms with Crippen molar-refractivity contribution in [1.82, 2.24) is 15.1 Å². The molecule has 1 aliphatic heterocycles. The first kappa shape index (κ1) is 19.9. The Labute approximate surface area is 159 Å². The molecule has 0 aromatic heterocycles. The lowest BCUT2D eigenvalue weighted by molar-refractivity contribution is -0.130. The Bertz CT molecular complexity index is 626. The van der Waals surface area contributed by atoms with Gasteiger partial charge in [-0.25, -0.2) is 4.79 Å². The summed E-state index contributed by atoms with van der Waals surface area (Å²) in [6.07, 6.45) is 0. The number of hydrogen-bond acceptors (Lipinski definition) is 3. The number of nitrogens with one attached hydrogen (secondary N) is 1. The lowest BCUT2D eigenvalue weighted by atomic mass is 10.2. The van der Waals surface area contributed by atoms with E-state index in [1.54, 1.807) is 16.7 Å². The van der Waals surface area contributed by atoms with Crippen LogP contribution in [0.4, 0.5) is 4.79 Å². The minimum atomic E-state index is -0.113. The molecule has 0 spiro atoms. The molecule has 2 rings (SSSR count). The maximum absolute atomic E-state index is 12.6. The van der Waals surface area contributed by atoms with Gasteiger partial charge in [-0.3, -0.25) is 4.79 Å². The number of carbonyl (C=O) groups excluding carboxylic acids is 2. The highest BCUT2D eigenvalue weighted by Crippen LogP contribution is 2.44. The molecular weight excluding hydrogens is 358 g/mol. The molecule has 1 aromatic carbocycles. The van der Waals surface area contributed by atoms with E-state index in [1.807, 2.05) is 56.9 Å². The van der Waals surface area contributed by atoms with Gasteiger partial charge < -0.3 is 15.1 Å². The van der Waals surface area contributed by atoms with Crippen LogP contribution in [0.15, 0.2) is 24.3 Å². The molecule has 0 bridgehead atoms. The molecule has 1 saturated heterocycles. The summed E-state index contributed by atoms with van der Waals surface area (Å²) in [5.41, 5.74) is 0.945. The number of urea groups is 1. The second-order valence-electron chi connectivity index (χ2n) is 6.31. The number of amides is 3. The van der Waals surface area contributed by atoms with Crippen LogP contribution in [0, 0.1) is 0 Å². The summed E-state index contributed by atoms with van der Waals surface area (Å²) < 4.78 is 0. The van der Waals surface area contributed by atoms with E-state index in [0.29, 0.717) is 24.7 Å². The number of carbonyl (C=O) groups is 2. The van der Waals surface area contributed by atoms with Gasteiger partial charge in [-0.2, -0.15) is 0 Å². The van der Waals surface area contributed by atoms with E-state index in [9.17, 15) is 9.59 Å². The largest absolute Gasteiger partial charge is 0.338 e. The van der Waals surface area contributed by atoms with Crippen LogP contribution in [0.5, 0.6) is 0 Å². The molecule has 25 heavy (non-hydrogen) atoms. The van der Waals surface area contributed by atoms with Crippen molar-refractivity contribution in [2.24, 2.45) is 0 Å². The fraction of sp³-hybridized carbons (Fsp3) is 0.556. The van der Waals surface area contributed by atoms with Gasteiger partial charge in [0, 0.05) is 36.3 Å². The fourth-order valence-electron chi connectivity index (χ4n) is 2.88. The van der Waals surface area contributed by atoms with Crippen molar-refractivity contribution < 1.29 is 9.59 Å². The van der Waals surface area contributed by atoms with Gasteiger partial charge >= 0.3 is 6.03 Å². The van der Waals surface area contributed by atoms with E-state index in [4.69, 9.17) is 11.6 Å². The highest BCUT2D eigenvalue weighted by molar-refractivity contribution is 8.01. The van der Waals surface area contributed by atoms with Gasteiger partial charge in [0.05, 0.1) is 5.25 Å². The normalized spacial score (nSPS) is 20.2. The first-order valence-corrected chi connectivity index (χ1v) is 9.93. The Morgan fingerprint density at radius 1 is 1.40 bits per heavy atom. The summed E-state index contributed by atoms with van der Waals surface area (Å²) in [4.78, 5) is 28.4. The number of halogens is 1. The second kappa shape index (κ2) is 8.81. The van der Waals surface area contributed by atoms with Gasteiger partial charge in [0.2, 0.25) is 5.91 Å². The lowest BCUT2D eigenvalue weighted by Gasteiger charge is -2.31. The standard InChI is InChI=1S/C18H26ClN3O2S/c1-5-20-18(24)21(12(2)3)10-11-22-16(23)13(4)25-17(22)14-8-6-7-9-15(14)19/h6-9,12-13,17H,5,10-11H2,1-4H3,(H,20,24). The van der Waals surface area contributed by atoms with E-state index >= 15 is 0 Å². The van der Waals surface area contributed by atoms with Gasteiger partial charge in [-0.05, 0) is 33.8 Å². The molecule has 1 aromatic rings. The monoisotopic (exact) mass is 383 g/mol. The molecule has 1 N–H and O–H groups in total. The molecular formula is C18H26ClN3O2S. The third kappa shape index (κ3) is 4.61. The van der Waals surface area contributed by atoms with Crippen LogP contribution in [-0.2, 0) is 4.79 Å². The predicted molar refractivity (Wildman–Crippen MR) is 104 cm³/mol. The Kier molecular flexibility index (Phi) is 7.02. The summed E-state index contributed by atoms with van der Waals surface area (Å²) in [6, 6.07) is 7.59. The molecule has 0 radical (unpaired) electrons. The van der Waals surface area contributed by atoms with Crippen LogP contribution < -0.4 is 5.32 Å². The fourth-order valence-corrected chi connectivity index (χ4v) is 4.53. The summed E-state index contributed by atoms with van der Waals surface area (Å²) in [5.74, 6) is 0.0922. The zero-order valence-corrected chi connectivity index (χ0v) is 16.7. The van der Waals surface area contributed by atoms with Gasteiger partial charge in [0.1, 0.15) is 5.37 Å². The third-order valence-corrected chi connectivity index (χ3v) is 5.93. The molecule has 0 saturated carbocycles. The van der Waals surface area contributed by atoms with Gasteiger partial charge in [-0.15, -0.1) is 11.8 Å². The van der Waals surface area contributed by atoms with Crippen LogP contribution in [0.25, 0.3) is 0 Å². The quantitative estimate of drug-likeness (QED) is 0.814. The molecule has 7 heteroatoms. The van der Waals surface area contributed by atoms with Crippen molar-refractivity contribution in [1.29, 1.82) is 0 Å². The third-order valence-electron chi connectivity index (χ3n) is 4.21. The van der Waals surface area contributed by atoms with Crippen LogP contribution >= 0.6 is 23.4 Å². The summed E-state index contributed by atoms with van der Waals surface area (Å²) >= 11 is 7.94. The number of rotatable bonds is 6. The minimum Gasteiger partial charge on any atom is -0.338 e. The lowest BCUT2D eigenvalue weighted by Crippen LogP contribution is -2.48. The van der Waals surface area contributed by atoms with Crippen LogP contribution in [0.1, 0.15) is 38.6 Å². The van der Waals surface area contributed by atoms with Crippen LogP contribution in [0.3, 0.4) is 0 Å². The van der Waals surface area contributed by atoms with Crippen molar-refractivity contribution in [2.45, 2.75) is 44.4 Å². The molecule has 2 unspecified atom stereocenters. The number of benzene rings is 1. The van der Waals surface area contributed by atoms with Crippen LogP contribution in [0.2, 0.25) is 5.02 Å². The van der Waals surface area contributed by atoms with E-state index in [1.165, 1.54) is 0 Å². The Morgan fingerprint density at radius 3 is 2.68 bits per heavy atom. The highest BCUT2D eigenvalue weighted by Gasteiger charge is 2.39. The van der Waals surface area contributed by atoms with E-state index in [-0.39, 0.29) is 28.6 Å². The second-order valence-corrected chi connectivity index (χ2v) is 8.14. The first-order valence-electron chi connectivity index (χ1n) is 8.61. The van der Waals surface area contributed by atoms with Crippen molar-refractivity contribution in [2.75, 3.05) is 19.6 Å². The maximum Gasteiger partial charge on any atom is 0.317 e. The van der Waals surface area contributed by atoms with Crippen molar-refractivity contribution in [3.8, 4) is 0 Å². The highest BCUT2D eigenvalue weighted by atomic mass is 35.5. The van der Waals surface area contributed by atoms with E-state index < -0.39 is 0 Å². The Hall–Kier alpha value is -1.40. The zero-order chi connectivity index (χ0) is 18.6. The predicted octanol–water partition coefficient (Wildman–Crippen LogP) is 3.74. The Morgan fingerprint density at radius 2 is 2.08 bits per heavy atom. The smallest absolute Gasteiger partial charge is 0.317 e. The molecule has 1 heterocycles. The summed E-state index contributed by atoms with van der Waals surface area (Å²) in [5, 5.41) is 3.27. The number of hydrogen-bond donors (Lipinski definition) is 1. The molecule has 0 aliphatic carbocycles. The average molecular weight is 384 g/mol. The van der Waals surface area contributed by atoms with Crippen molar-refractivity contribution in [3.63, 3.8) is 0 Å². The topological polar surface area (TPSA) is 52.7 Å². The molecule has 138 valence electrons. The number of thioether (sulfide) groups is 1. The first-order chi connectivity index (χ1) is 11.9. The van der Waals surface area contributed by atoms with Crippen LogP contribution in [-0.4, -0.2) is 52.7 Å². The zero-order valence-electron chi connectivity index (χ0n) is 15.2. The van der Waals surface area contributed by atoms with Crippen molar-refractivity contribution in [3.05, 3.63) is 34.9 Å². The summed E-state index contributed by atoms with van der Waals surface area (Å²) in [6.45, 7) is 9.33. The molecule has 5 nitrogen and oxygen atoms in total. The van der Waals surface area contributed by atoms with E-state index in [0.717, 1.165) is 5.56 Å². The van der Waals surface area contributed by atoms with Crippen molar-refractivity contribution >= 4 is 35.3 Å². The minimum absolute atomic E-state index is 0.0631. The van der Waals surface area contributed by atoms with Gasteiger partial charge in [0.25, 0.3) is 0 Å². The summed E-state index contributed by atoms with van der Waals surface area (Å²) in [7, 11) is 0. The van der Waals surface area contributed by atoms with Gasteiger partial charge in [-0.1, -0.05) is 29.8 Å². The molecule has 2 atom stereocenters. The molecule has 1 aliphatic rings. The molecule has 1 fully saturated rings.